The van der Waals surface area contributed by atoms with Gasteiger partial charge in [-0.05, 0) is 22.5 Å². The van der Waals surface area contributed by atoms with Crippen LogP contribution >= 0.6 is 15.9 Å². The number of rotatable bonds is 4. The molecule has 0 spiro atoms. The molecule has 1 aromatic heterocycles. The van der Waals surface area contributed by atoms with Crippen LogP contribution in [-0.4, -0.2) is 22.2 Å². The van der Waals surface area contributed by atoms with Crippen molar-refractivity contribution >= 4 is 15.9 Å². The van der Waals surface area contributed by atoms with Gasteiger partial charge >= 0.3 is 12.0 Å². The van der Waals surface area contributed by atoms with E-state index in [0.29, 0.717) is 0 Å². The quantitative estimate of drug-likeness (QED) is 0.864. The van der Waals surface area contributed by atoms with Crippen molar-refractivity contribution in [2.45, 2.75) is 18.4 Å². The van der Waals surface area contributed by atoms with Crippen LogP contribution < -0.4 is 5.73 Å². The first-order valence-electron chi connectivity index (χ1n) is 3.97. The van der Waals surface area contributed by atoms with Crippen molar-refractivity contribution in [1.29, 1.82) is 0 Å². The van der Waals surface area contributed by atoms with Gasteiger partial charge in [-0.1, -0.05) is 0 Å². The van der Waals surface area contributed by atoms with Crippen LogP contribution in [0.5, 0.6) is 0 Å². The van der Waals surface area contributed by atoms with Crippen molar-refractivity contribution in [3.63, 3.8) is 0 Å². The van der Waals surface area contributed by atoms with Gasteiger partial charge in [-0.3, -0.25) is 0 Å². The summed E-state index contributed by atoms with van der Waals surface area (Å²) in [5.74, 6) is -4.22. The molecule has 2 N–H and O–H groups in total. The maximum atomic E-state index is 13.2. The van der Waals surface area contributed by atoms with Gasteiger partial charge in [0, 0.05) is 12.6 Å². The number of halogens is 5. The molecule has 0 bridgehead atoms. The fraction of sp³-hybridized carbons (Fsp3) is 0.571. The molecule has 0 aliphatic heterocycles. The third-order valence-corrected chi connectivity index (χ3v) is 2.15. The van der Waals surface area contributed by atoms with Crippen molar-refractivity contribution in [2.75, 3.05) is 6.54 Å². The molecule has 86 valence electrons. The summed E-state index contributed by atoms with van der Waals surface area (Å²) >= 11 is 2.84. The first kappa shape index (κ1) is 12.4. The van der Waals surface area contributed by atoms with E-state index in [1.807, 2.05) is 0 Å². The van der Waals surface area contributed by atoms with Gasteiger partial charge in [0.1, 0.15) is 0 Å². The molecule has 8 heteroatoms. The summed E-state index contributed by atoms with van der Waals surface area (Å²) in [5.41, 5.74) is 4.84. The fourth-order valence-corrected chi connectivity index (χ4v) is 1.24. The van der Waals surface area contributed by atoms with Crippen LogP contribution in [0.3, 0.4) is 0 Å². The largest absolute Gasteiger partial charge is 0.406 e. The fourth-order valence-electron chi connectivity index (χ4n) is 0.954. The Morgan fingerprint density at radius 1 is 1.40 bits per heavy atom. The first-order chi connectivity index (χ1) is 6.81. The van der Waals surface area contributed by atoms with Crippen LogP contribution in [0, 0.1) is 0 Å². The first-order valence-corrected chi connectivity index (χ1v) is 4.77. The number of alkyl halides is 4. The van der Waals surface area contributed by atoms with Crippen molar-refractivity contribution in [3.05, 3.63) is 16.9 Å². The Hall–Kier alpha value is -0.630. The smallest absolute Gasteiger partial charge is 0.330 e. The van der Waals surface area contributed by atoms with E-state index in [1.54, 1.807) is 0 Å². The van der Waals surface area contributed by atoms with Crippen molar-refractivity contribution in [3.8, 4) is 0 Å². The van der Waals surface area contributed by atoms with Crippen molar-refractivity contribution < 1.29 is 17.6 Å². The van der Waals surface area contributed by atoms with E-state index in [4.69, 9.17) is 5.73 Å². The van der Waals surface area contributed by atoms with Gasteiger partial charge in [0.05, 0.1) is 10.7 Å². The molecular formula is C7H8BrF4N3. The molecule has 0 saturated carbocycles. The maximum absolute atomic E-state index is 13.2. The second kappa shape index (κ2) is 4.09. The third-order valence-electron chi connectivity index (χ3n) is 1.74. The van der Waals surface area contributed by atoms with E-state index in [1.165, 1.54) is 0 Å². The van der Waals surface area contributed by atoms with Crippen LogP contribution in [0.15, 0.2) is 16.9 Å². The summed E-state index contributed by atoms with van der Waals surface area (Å²) in [6.45, 7) is -0.523. The summed E-state index contributed by atoms with van der Waals surface area (Å²) in [7, 11) is 0. The van der Waals surface area contributed by atoms with Gasteiger partial charge in [-0.15, -0.1) is 0 Å². The predicted molar refractivity (Wildman–Crippen MR) is 48.7 cm³/mol. The molecule has 0 aliphatic rings. The minimum Gasteiger partial charge on any atom is -0.330 e. The lowest BCUT2D eigenvalue weighted by Crippen LogP contribution is -2.44. The van der Waals surface area contributed by atoms with Gasteiger partial charge in [-0.2, -0.15) is 22.7 Å². The summed E-state index contributed by atoms with van der Waals surface area (Å²) in [6.07, 6.45) is 0.689. The van der Waals surface area contributed by atoms with Crippen LogP contribution in [-0.2, 0) is 6.05 Å². The number of hydrogen-bond donors (Lipinski definition) is 1. The molecule has 0 fully saturated rings. The Labute approximate surface area is 91.4 Å². The van der Waals surface area contributed by atoms with Gasteiger partial charge < -0.3 is 5.73 Å². The normalized spacial score (nSPS) is 13.2. The van der Waals surface area contributed by atoms with E-state index < -0.39 is 24.9 Å². The molecular weight excluding hydrogens is 282 g/mol. The lowest BCUT2D eigenvalue weighted by molar-refractivity contribution is -0.267. The predicted octanol–water partition coefficient (Wildman–Crippen LogP) is 2.18. The molecule has 1 heterocycles. The average molecular weight is 290 g/mol. The number of hydrogen-bond acceptors (Lipinski definition) is 2. The zero-order valence-electron chi connectivity index (χ0n) is 7.43. The Morgan fingerprint density at radius 3 is 2.40 bits per heavy atom. The molecule has 1 rings (SSSR count). The highest BCUT2D eigenvalue weighted by atomic mass is 79.9. The number of nitrogens with zero attached hydrogens (tertiary/aromatic N) is 2. The topological polar surface area (TPSA) is 43.8 Å². The van der Waals surface area contributed by atoms with Crippen LogP contribution in [0.1, 0.15) is 6.42 Å². The highest BCUT2D eigenvalue weighted by Gasteiger charge is 2.57. The van der Waals surface area contributed by atoms with Gasteiger partial charge in [0.25, 0.3) is 0 Å². The van der Waals surface area contributed by atoms with Crippen LogP contribution in [0.2, 0.25) is 0 Å². The van der Waals surface area contributed by atoms with E-state index >= 15 is 0 Å². The molecule has 3 nitrogen and oxygen atoms in total. The summed E-state index contributed by atoms with van der Waals surface area (Å²) < 4.78 is 52.5. The second-order valence-electron chi connectivity index (χ2n) is 2.89. The number of aromatic nitrogens is 2. The number of nitrogens with two attached hydrogens (primary N) is 1. The minimum atomic E-state index is -4.38. The summed E-state index contributed by atoms with van der Waals surface area (Å²) in [4.78, 5) is 0. The zero-order chi connectivity index (χ0) is 11.7. The van der Waals surface area contributed by atoms with Crippen molar-refractivity contribution in [1.82, 2.24) is 9.78 Å². The SMILES string of the molecule is NCCC(F)(F)C(F)(F)n1cc(Br)cn1. The molecule has 0 atom stereocenters. The lowest BCUT2D eigenvalue weighted by atomic mass is 10.2. The molecule has 15 heavy (non-hydrogen) atoms. The standard InChI is InChI=1S/C7H8BrF4N3/c8-5-3-14-15(4-5)7(11,12)6(9,10)1-2-13/h3-4H,1-2,13H2. The second-order valence-corrected chi connectivity index (χ2v) is 3.80. The molecule has 0 aromatic carbocycles. The van der Waals surface area contributed by atoms with E-state index in [9.17, 15) is 17.6 Å². The van der Waals surface area contributed by atoms with Crippen LogP contribution in [0.25, 0.3) is 0 Å². The zero-order valence-corrected chi connectivity index (χ0v) is 9.02. The minimum absolute atomic E-state index is 0.0766. The van der Waals surface area contributed by atoms with E-state index in [0.717, 1.165) is 12.4 Å². The highest BCUT2D eigenvalue weighted by Crippen LogP contribution is 2.40. The van der Waals surface area contributed by atoms with E-state index in [2.05, 4.69) is 21.0 Å². The van der Waals surface area contributed by atoms with Gasteiger partial charge in [-0.25, -0.2) is 4.68 Å². The summed E-state index contributed by atoms with van der Waals surface area (Å²) in [6, 6.07) is -4.38. The van der Waals surface area contributed by atoms with E-state index in [-0.39, 0.29) is 9.15 Å². The monoisotopic (exact) mass is 289 g/mol. The molecule has 0 unspecified atom stereocenters. The van der Waals surface area contributed by atoms with Crippen LogP contribution in [0.4, 0.5) is 17.6 Å². The molecule has 0 aliphatic carbocycles. The van der Waals surface area contributed by atoms with Gasteiger partial charge in [0.15, 0.2) is 0 Å². The van der Waals surface area contributed by atoms with Crippen molar-refractivity contribution in [2.24, 2.45) is 5.73 Å². The Balaban J connectivity index is 3.00. The molecule has 1 aromatic rings. The third kappa shape index (κ3) is 2.31. The average Bonchev–Trinajstić information content (AvgIpc) is 2.51. The Morgan fingerprint density at radius 2 is 2.00 bits per heavy atom. The molecule has 0 saturated heterocycles. The molecule has 0 amide bonds. The highest BCUT2D eigenvalue weighted by molar-refractivity contribution is 9.10. The summed E-state index contributed by atoms with van der Waals surface area (Å²) in [5, 5.41) is 3.13. The maximum Gasteiger partial charge on any atom is 0.406 e. The lowest BCUT2D eigenvalue weighted by Gasteiger charge is -2.25. The molecule has 0 radical (unpaired) electrons. The van der Waals surface area contributed by atoms with Gasteiger partial charge in [0.2, 0.25) is 0 Å². The Bertz CT molecular complexity index is 339. The Kier molecular flexibility index (Phi) is 3.39.